The SMILES string of the molecule is CC=COC(=O)c1cc([N+](=O)[O-])c(Cl)cc1Cl. The van der Waals surface area contributed by atoms with Gasteiger partial charge in [0.2, 0.25) is 0 Å². The highest BCUT2D eigenvalue weighted by Gasteiger charge is 2.20. The van der Waals surface area contributed by atoms with Gasteiger partial charge in [-0.3, -0.25) is 10.1 Å². The van der Waals surface area contributed by atoms with Crippen LogP contribution in [0.4, 0.5) is 5.69 Å². The van der Waals surface area contributed by atoms with E-state index in [0.717, 1.165) is 18.4 Å². The third-order valence-corrected chi connectivity index (χ3v) is 2.38. The number of ether oxygens (including phenoxy) is 1. The number of benzene rings is 1. The Morgan fingerprint density at radius 2 is 2.06 bits per heavy atom. The van der Waals surface area contributed by atoms with Gasteiger partial charge in [-0.15, -0.1) is 0 Å². The lowest BCUT2D eigenvalue weighted by atomic mass is 10.2. The van der Waals surface area contributed by atoms with Crippen LogP contribution < -0.4 is 0 Å². The van der Waals surface area contributed by atoms with E-state index in [1.54, 1.807) is 6.92 Å². The fourth-order valence-electron chi connectivity index (χ4n) is 1.03. The van der Waals surface area contributed by atoms with E-state index in [4.69, 9.17) is 23.2 Å². The van der Waals surface area contributed by atoms with E-state index in [9.17, 15) is 14.9 Å². The molecule has 0 aromatic heterocycles. The zero-order valence-corrected chi connectivity index (χ0v) is 10.2. The average molecular weight is 276 g/mol. The lowest BCUT2D eigenvalue weighted by molar-refractivity contribution is -0.384. The van der Waals surface area contributed by atoms with Crippen LogP contribution >= 0.6 is 23.2 Å². The first-order valence-electron chi connectivity index (χ1n) is 4.43. The summed E-state index contributed by atoms with van der Waals surface area (Å²) in [5, 5.41) is 10.5. The molecule has 0 aliphatic carbocycles. The van der Waals surface area contributed by atoms with Crippen LogP contribution in [0.5, 0.6) is 0 Å². The average Bonchev–Trinajstić information content (AvgIpc) is 2.25. The molecule has 7 heteroatoms. The number of nitro groups is 1. The van der Waals surface area contributed by atoms with Crippen molar-refractivity contribution in [2.75, 3.05) is 0 Å². The molecule has 0 saturated carbocycles. The number of rotatable bonds is 3. The summed E-state index contributed by atoms with van der Waals surface area (Å²) in [7, 11) is 0. The number of allylic oxidation sites excluding steroid dienone is 1. The standard InChI is InChI=1S/C10H7Cl2NO4/c1-2-3-17-10(14)6-4-9(13(15)16)8(12)5-7(6)11/h2-5H,1H3. The van der Waals surface area contributed by atoms with Crippen molar-refractivity contribution in [2.24, 2.45) is 0 Å². The molecule has 0 unspecified atom stereocenters. The number of halogens is 2. The molecule has 90 valence electrons. The summed E-state index contributed by atoms with van der Waals surface area (Å²) < 4.78 is 4.66. The smallest absolute Gasteiger partial charge is 0.344 e. The number of hydrogen-bond acceptors (Lipinski definition) is 4. The van der Waals surface area contributed by atoms with Crippen LogP contribution in [0.1, 0.15) is 17.3 Å². The largest absolute Gasteiger partial charge is 0.431 e. The fraction of sp³-hybridized carbons (Fsp3) is 0.100. The fourth-order valence-corrected chi connectivity index (χ4v) is 1.56. The first-order chi connectivity index (χ1) is 7.97. The number of nitro benzene ring substituents is 1. The zero-order valence-electron chi connectivity index (χ0n) is 8.65. The molecule has 0 atom stereocenters. The van der Waals surface area contributed by atoms with Crippen molar-refractivity contribution >= 4 is 34.9 Å². The van der Waals surface area contributed by atoms with E-state index in [2.05, 4.69) is 4.74 Å². The zero-order chi connectivity index (χ0) is 13.0. The van der Waals surface area contributed by atoms with E-state index >= 15 is 0 Å². The second-order valence-electron chi connectivity index (χ2n) is 2.92. The van der Waals surface area contributed by atoms with Gasteiger partial charge >= 0.3 is 5.97 Å². The molecule has 5 nitrogen and oxygen atoms in total. The Hall–Kier alpha value is -1.59. The molecule has 0 N–H and O–H groups in total. The molecule has 0 radical (unpaired) electrons. The quantitative estimate of drug-likeness (QED) is 0.366. The lowest BCUT2D eigenvalue weighted by Gasteiger charge is -2.03. The Morgan fingerprint density at radius 1 is 1.41 bits per heavy atom. The molecule has 1 aromatic rings. The normalized spacial score (nSPS) is 10.5. The van der Waals surface area contributed by atoms with E-state index in [1.165, 1.54) is 6.08 Å². The topological polar surface area (TPSA) is 69.4 Å². The number of carbonyl (C=O) groups is 1. The second kappa shape index (κ2) is 5.65. The number of hydrogen-bond donors (Lipinski definition) is 0. The Labute approximate surface area is 107 Å². The van der Waals surface area contributed by atoms with Crippen molar-refractivity contribution in [3.8, 4) is 0 Å². The third kappa shape index (κ3) is 3.18. The summed E-state index contributed by atoms with van der Waals surface area (Å²) in [6.45, 7) is 1.65. The molecule has 1 rings (SSSR count). The van der Waals surface area contributed by atoms with Crippen LogP contribution in [-0.4, -0.2) is 10.9 Å². The number of nitrogens with zero attached hydrogens (tertiary/aromatic N) is 1. The minimum atomic E-state index is -0.784. The van der Waals surface area contributed by atoms with Gasteiger partial charge in [-0.1, -0.05) is 29.3 Å². The predicted octanol–water partition coefficient (Wildman–Crippen LogP) is 3.59. The van der Waals surface area contributed by atoms with Gasteiger partial charge in [-0.05, 0) is 13.0 Å². The lowest BCUT2D eigenvalue weighted by Crippen LogP contribution is -2.03. The number of carbonyl (C=O) groups excluding carboxylic acids is 1. The molecule has 0 saturated heterocycles. The van der Waals surface area contributed by atoms with Gasteiger partial charge in [0.15, 0.2) is 0 Å². The van der Waals surface area contributed by atoms with Crippen molar-refractivity contribution in [1.82, 2.24) is 0 Å². The van der Waals surface area contributed by atoms with Gasteiger partial charge in [-0.2, -0.15) is 0 Å². The maximum atomic E-state index is 11.5. The van der Waals surface area contributed by atoms with Crippen LogP contribution in [0.15, 0.2) is 24.5 Å². The Bertz CT molecular complexity index is 499. The molecule has 0 fully saturated rings. The molecule has 17 heavy (non-hydrogen) atoms. The molecular formula is C10H7Cl2NO4. The maximum Gasteiger partial charge on any atom is 0.344 e. The summed E-state index contributed by atoms with van der Waals surface area (Å²) in [5.41, 5.74) is -0.510. The van der Waals surface area contributed by atoms with Crippen LogP contribution in [-0.2, 0) is 4.74 Å². The summed E-state index contributed by atoms with van der Waals surface area (Å²) in [6.07, 6.45) is 2.65. The molecule has 0 amide bonds. The second-order valence-corrected chi connectivity index (χ2v) is 3.73. The Balaban J connectivity index is 3.20. The first-order valence-corrected chi connectivity index (χ1v) is 5.18. The van der Waals surface area contributed by atoms with Crippen molar-refractivity contribution in [2.45, 2.75) is 6.92 Å². The molecule has 1 aromatic carbocycles. The highest BCUT2D eigenvalue weighted by Crippen LogP contribution is 2.31. The monoisotopic (exact) mass is 275 g/mol. The Kier molecular flexibility index (Phi) is 4.48. The van der Waals surface area contributed by atoms with Gasteiger partial charge in [0, 0.05) is 6.07 Å². The van der Waals surface area contributed by atoms with Gasteiger partial charge in [0.1, 0.15) is 5.02 Å². The molecule has 0 aliphatic rings. The van der Waals surface area contributed by atoms with E-state index < -0.39 is 16.6 Å². The van der Waals surface area contributed by atoms with Crippen LogP contribution in [0, 0.1) is 10.1 Å². The summed E-state index contributed by atoms with van der Waals surface area (Å²) >= 11 is 11.4. The van der Waals surface area contributed by atoms with Gasteiger partial charge < -0.3 is 4.74 Å². The van der Waals surface area contributed by atoms with Crippen molar-refractivity contribution in [3.05, 3.63) is 50.2 Å². The number of esters is 1. The molecule has 0 heterocycles. The van der Waals surface area contributed by atoms with Crippen molar-refractivity contribution < 1.29 is 14.5 Å². The van der Waals surface area contributed by atoms with E-state index in [0.29, 0.717) is 0 Å². The highest BCUT2D eigenvalue weighted by atomic mass is 35.5. The van der Waals surface area contributed by atoms with Crippen molar-refractivity contribution in [1.29, 1.82) is 0 Å². The minimum Gasteiger partial charge on any atom is -0.431 e. The maximum absolute atomic E-state index is 11.5. The minimum absolute atomic E-state index is 0.00453. The molecule has 0 bridgehead atoms. The summed E-state index contributed by atoms with van der Waals surface area (Å²) in [5.74, 6) is -0.784. The van der Waals surface area contributed by atoms with Crippen LogP contribution in [0.25, 0.3) is 0 Å². The molecule has 0 spiro atoms. The van der Waals surface area contributed by atoms with Gasteiger partial charge in [0.25, 0.3) is 5.69 Å². The van der Waals surface area contributed by atoms with Crippen LogP contribution in [0.2, 0.25) is 10.0 Å². The van der Waals surface area contributed by atoms with Crippen LogP contribution in [0.3, 0.4) is 0 Å². The van der Waals surface area contributed by atoms with E-state index in [-0.39, 0.29) is 15.6 Å². The first kappa shape index (κ1) is 13.5. The van der Waals surface area contributed by atoms with Gasteiger partial charge in [0.05, 0.1) is 21.8 Å². The van der Waals surface area contributed by atoms with Crippen molar-refractivity contribution in [3.63, 3.8) is 0 Å². The Morgan fingerprint density at radius 3 is 2.59 bits per heavy atom. The van der Waals surface area contributed by atoms with Gasteiger partial charge in [-0.25, -0.2) is 4.79 Å². The molecular weight excluding hydrogens is 269 g/mol. The van der Waals surface area contributed by atoms with E-state index in [1.807, 2.05) is 0 Å². The molecule has 0 aliphatic heterocycles. The summed E-state index contributed by atoms with van der Waals surface area (Å²) in [4.78, 5) is 21.4. The highest BCUT2D eigenvalue weighted by molar-refractivity contribution is 6.37. The summed E-state index contributed by atoms with van der Waals surface area (Å²) in [6, 6.07) is 2.12. The third-order valence-electron chi connectivity index (χ3n) is 1.76. The predicted molar refractivity (Wildman–Crippen MR) is 63.3 cm³/mol.